The van der Waals surface area contributed by atoms with Crippen LogP contribution < -0.4 is 5.32 Å². The molecule has 0 spiro atoms. The quantitative estimate of drug-likeness (QED) is 0.450. The first-order valence-electron chi connectivity index (χ1n) is 11.6. The smallest absolute Gasteiger partial charge is 0.326 e. The van der Waals surface area contributed by atoms with Crippen LogP contribution in [-0.4, -0.2) is 58.3 Å². The molecule has 0 atom stereocenters. The van der Waals surface area contributed by atoms with Crippen LogP contribution in [0.15, 0.2) is 24.3 Å². The summed E-state index contributed by atoms with van der Waals surface area (Å²) in [7, 11) is 0. The minimum Gasteiger partial charge on any atom is -0.454 e. The number of hydrogen-bond donors (Lipinski definition) is 1. The van der Waals surface area contributed by atoms with E-state index in [-0.39, 0.29) is 17.8 Å². The highest BCUT2D eigenvalue weighted by atomic mass is 19.1. The third-order valence-corrected chi connectivity index (χ3v) is 6.70. The van der Waals surface area contributed by atoms with Gasteiger partial charge in [-0.3, -0.25) is 19.3 Å². The van der Waals surface area contributed by atoms with E-state index in [1.54, 1.807) is 30.9 Å². The Kier molecular flexibility index (Phi) is 8.05. The molecular weight excluding hydrogens is 429 g/mol. The number of nitrogens with one attached hydrogen (secondary N) is 1. The minimum absolute atomic E-state index is 0.0238. The molecule has 8 nitrogen and oxygen atoms in total. The summed E-state index contributed by atoms with van der Waals surface area (Å²) >= 11 is 0. The molecule has 2 fully saturated rings. The van der Waals surface area contributed by atoms with E-state index in [0.717, 1.165) is 42.6 Å². The van der Waals surface area contributed by atoms with Gasteiger partial charge in [0.15, 0.2) is 6.61 Å². The molecule has 4 amide bonds. The van der Waals surface area contributed by atoms with E-state index in [0.29, 0.717) is 19.4 Å². The molecule has 1 aliphatic heterocycles. The van der Waals surface area contributed by atoms with Gasteiger partial charge in [-0.25, -0.2) is 9.18 Å². The second-order valence-electron chi connectivity index (χ2n) is 8.71. The molecule has 3 rings (SSSR count). The monoisotopic (exact) mass is 461 g/mol. The van der Waals surface area contributed by atoms with Crippen LogP contribution in [0.3, 0.4) is 0 Å². The highest BCUT2D eigenvalue weighted by molar-refractivity contribution is 6.08. The van der Waals surface area contributed by atoms with Crippen LogP contribution in [0.25, 0.3) is 0 Å². The van der Waals surface area contributed by atoms with Crippen molar-refractivity contribution in [1.29, 1.82) is 0 Å². The second kappa shape index (κ2) is 10.8. The van der Waals surface area contributed by atoms with E-state index in [9.17, 15) is 23.6 Å². The van der Waals surface area contributed by atoms with Crippen molar-refractivity contribution in [3.05, 3.63) is 35.6 Å². The van der Waals surface area contributed by atoms with Crippen molar-refractivity contribution in [2.45, 2.75) is 76.9 Å². The third-order valence-electron chi connectivity index (χ3n) is 6.70. The van der Waals surface area contributed by atoms with Gasteiger partial charge in [0.25, 0.3) is 11.8 Å². The number of amides is 4. The Labute approximate surface area is 193 Å². The van der Waals surface area contributed by atoms with Gasteiger partial charge in [0.1, 0.15) is 17.9 Å². The van der Waals surface area contributed by atoms with E-state index >= 15 is 0 Å². The predicted molar refractivity (Wildman–Crippen MR) is 118 cm³/mol. The molecule has 2 aliphatic rings. The average Bonchev–Trinajstić information content (AvgIpc) is 3.07. The molecule has 1 saturated carbocycles. The number of imide groups is 1. The lowest BCUT2D eigenvalue weighted by molar-refractivity contribution is -0.155. The first-order valence-corrected chi connectivity index (χ1v) is 11.6. The number of benzene rings is 1. The van der Waals surface area contributed by atoms with E-state index in [4.69, 9.17) is 4.74 Å². The van der Waals surface area contributed by atoms with Crippen molar-refractivity contribution < 1.29 is 28.3 Å². The summed E-state index contributed by atoms with van der Waals surface area (Å²) in [6.07, 6.45) is 5.70. The van der Waals surface area contributed by atoms with Gasteiger partial charge in [0, 0.05) is 12.6 Å². The van der Waals surface area contributed by atoms with Crippen molar-refractivity contribution in [2.24, 2.45) is 0 Å². The number of ether oxygens (including phenoxy) is 1. The molecule has 0 unspecified atom stereocenters. The van der Waals surface area contributed by atoms with E-state index in [1.807, 2.05) is 0 Å². The molecule has 180 valence electrons. The molecule has 1 heterocycles. The first-order chi connectivity index (χ1) is 15.8. The van der Waals surface area contributed by atoms with Crippen LogP contribution in [-0.2, 0) is 25.7 Å². The van der Waals surface area contributed by atoms with Crippen LogP contribution in [0.4, 0.5) is 9.18 Å². The van der Waals surface area contributed by atoms with E-state index in [1.165, 1.54) is 12.1 Å². The summed E-state index contributed by atoms with van der Waals surface area (Å²) in [6, 6.07) is 5.36. The number of halogens is 1. The lowest BCUT2D eigenvalue weighted by atomic mass is 9.93. The SMILES string of the molecule is CCC1(CC)NC(=O)N(CC(=O)OCC(=O)N(Cc2ccc(F)cc2)C2CCCCC2)C1=O. The molecule has 33 heavy (non-hydrogen) atoms. The van der Waals surface area contributed by atoms with Crippen LogP contribution in [0.1, 0.15) is 64.4 Å². The number of carbonyl (C=O) groups is 4. The number of rotatable bonds is 9. The maximum absolute atomic E-state index is 13.3. The lowest BCUT2D eigenvalue weighted by Crippen LogP contribution is -2.46. The topological polar surface area (TPSA) is 96.0 Å². The van der Waals surface area contributed by atoms with Crippen molar-refractivity contribution in [3.63, 3.8) is 0 Å². The second-order valence-corrected chi connectivity index (χ2v) is 8.71. The summed E-state index contributed by atoms with van der Waals surface area (Å²) in [5, 5.41) is 2.66. The predicted octanol–water partition coefficient (Wildman–Crippen LogP) is 3.14. The molecule has 9 heteroatoms. The van der Waals surface area contributed by atoms with Crippen LogP contribution in [0, 0.1) is 5.82 Å². The van der Waals surface area contributed by atoms with Gasteiger partial charge < -0.3 is 15.0 Å². The molecule has 1 saturated heterocycles. The van der Waals surface area contributed by atoms with Crippen molar-refractivity contribution in [3.8, 4) is 0 Å². The fourth-order valence-electron chi connectivity index (χ4n) is 4.55. The van der Waals surface area contributed by atoms with E-state index < -0.39 is 36.6 Å². The Morgan fingerprint density at radius 1 is 1.12 bits per heavy atom. The Hall–Kier alpha value is -2.97. The number of carbonyl (C=O) groups excluding carboxylic acids is 4. The maximum atomic E-state index is 13.3. The summed E-state index contributed by atoms with van der Waals surface area (Å²) in [6.45, 7) is 2.87. The largest absolute Gasteiger partial charge is 0.454 e. The Bertz CT molecular complexity index is 879. The number of nitrogens with zero attached hydrogens (tertiary/aromatic N) is 2. The molecule has 1 N–H and O–H groups in total. The standard InChI is InChI=1S/C24H32FN3O5/c1-3-24(4-2)22(31)28(23(32)26-24)15-21(30)33-16-20(29)27(19-8-6-5-7-9-19)14-17-10-12-18(25)13-11-17/h10-13,19H,3-9,14-16H2,1-2H3,(H,26,32). The van der Waals surface area contributed by atoms with Gasteiger partial charge >= 0.3 is 12.0 Å². The van der Waals surface area contributed by atoms with Crippen molar-refractivity contribution >= 4 is 23.8 Å². The Morgan fingerprint density at radius 2 is 1.76 bits per heavy atom. The third kappa shape index (κ3) is 5.69. The normalized spacial score (nSPS) is 18.2. The number of hydrogen-bond acceptors (Lipinski definition) is 5. The van der Waals surface area contributed by atoms with Crippen LogP contribution >= 0.6 is 0 Å². The fourth-order valence-corrected chi connectivity index (χ4v) is 4.55. The summed E-state index contributed by atoms with van der Waals surface area (Å²) in [5.74, 6) is -1.98. The van der Waals surface area contributed by atoms with Crippen LogP contribution in [0.2, 0.25) is 0 Å². The highest BCUT2D eigenvalue weighted by Gasteiger charge is 2.49. The molecule has 0 radical (unpaired) electrons. The molecule has 0 aromatic heterocycles. The van der Waals surface area contributed by atoms with Gasteiger partial charge in [-0.2, -0.15) is 0 Å². The van der Waals surface area contributed by atoms with E-state index in [2.05, 4.69) is 5.32 Å². The van der Waals surface area contributed by atoms with Crippen LogP contribution in [0.5, 0.6) is 0 Å². The van der Waals surface area contributed by atoms with Gasteiger partial charge in [-0.05, 0) is 43.4 Å². The fraction of sp³-hybridized carbons (Fsp3) is 0.583. The number of urea groups is 1. The zero-order chi connectivity index (χ0) is 24.0. The molecule has 0 bridgehead atoms. The summed E-state index contributed by atoms with van der Waals surface area (Å²) < 4.78 is 18.4. The maximum Gasteiger partial charge on any atom is 0.326 e. The molecule has 1 aromatic rings. The van der Waals surface area contributed by atoms with Crippen molar-refractivity contribution in [1.82, 2.24) is 15.1 Å². The number of esters is 1. The summed E-state index contributed by atoms with van der Waals surface area (Å²) in [5.41, 5.74) is -0.211. The lowest BCUT2D eigenvalue weighted by Gasteiger charge is -2.34. The zero-order valence-electron chi connectivity index (χ0n) is 19.3. The Morgan fingerprint density at radius 3 is 2.33 bits per heavy atom. The summed E-state index contributed by atoms with van der Waals surface area (Å²) in [4.78, 5) is 52.8. The van der Waals surface area contributed by atoms with Gasteiger partial charge in [-0.15, -0.1) is 0 Å². The van der Waals surface area contributed by atoms with Gasteiger partial charge in [-0.1, -0.05) is 45.2 Å². The first kappa shape index (κ1) is 24.7. The zero-order valence-corrected chi connectivity index (χ0v) is 19.3. The molecule has 1 aliphatic carbocycles. The molecule has 1 aromatic carbocycles. The Balaban J connectivity index is 1.61. The van der Waals surface area contributed by atoms with Gasteiger partial charge in [0.2, 0.25) is 0 Å². The van der Waals surface area contributed by atoms with Gasteiger partial charge in [0.05, 0.1) is 0 Å². The minimum atomic E-state index is -1.000. The molecular formula is C24H32FN3O5. The van der Waals surface area contributed by atoms with Crippen molar-refractivity contribution in [2.75, 3.05) is 13.2 Å². The highest BCUT2D eigenvalue weighted by Crippen LogP contribution is 2.26. The average molecular weight is 462 g/mol.